The van der Waals surface area contributed by atoms with Crippen molar-refractivity contribution in [2.45, 2.75) is 0 Å². The molecule has 0 N–H and O–H groups in total. The first kappa shape index (κ1) is 6.15. The third kappa shape index (κ3) is 0.832. The van der Waals surface area contributed by atoms with Crippen molar-refractivity contribution in [1.29, 1.82) is 0 Å². The molecule has 0 bridgehead atoms. The van der Waals surface area contributed by atoms with Gasteiger partial charge in [-0.15, -0.1) is 0 Å². The van der Waals surface area contributed by atoms with Crippen LogP contribution in [0.2, 0.25) is 0 Å². The zero-order valence-corrected chi connectivity index (χ0v) is 6.06. The zero-order valence-electron chi connectivity index (χ0n) is 6.06. The smallest absolute Gasteiger partial charge is 0.219 e. The fourth-order valence-electron chi connectivity index (χ4n) is 1.08. The van der Waals surface area contributed by atoms with Gasteiger partial charge in [0.2, 0.25) is 6.20 Å². The van der Waals surface area contributed by atoms with Gasteiger partial charge in [-0.05, 0) is 12.1 Å². The number of rotatable bonds is 0. The topological polar surface area (TPSA) is 44.2 Å². The minimum absolute atomic E-state index is 0.241. The number of fused-ring (bicyclic) bond motifs is 1. The van der Waals surface area contributed by atoms with Gasteiger partial charge in [0, 0.05) is 11.3 Å². The van der Waals surface area contributed by atoms with Crippen molar-refractivity contribution in [3.63, 3.8) is 0 Å². The Kier molecular flexibility index (Phi) is 1.09. The Morgan fingerprint density at radius 2 is 2.45 bits per heavy atom. The molecular weight excluding hydrogens is 142 g/mol. The van der Waals surface area contributed by atoms with Gasteiger partial charge < -0.3 is 9.51 Å². The van der Waals surface area contributed by atoms with E-state index < -0.39 is 0 Å². The molecule has 0 aliphatic heterocycles. The van der Waals surface area contributed by atoms with Crippen LogP contribution in [0, 0.1) is 0 Å². The lowest BCUT2D eigenvalue weighted by Crippen LogP contribution is -2.34. The quantitative estimate of drug-likeness (QED) is 0.462. The first-order valence-corrected chi connectivity index (χ1v) is 3.28. The van der Waals surface area contributed by atoms with Crippen molar-refractivity contribution in [3.05, 3.63) is 24.5 Å². The molecule has 2 rings (SSSR count). The molecule has 11 heavy (non-hydrogen) atoms. The molecule has 0 fully saturated rings. The Morgan fingerprint density at radius 3 is 3.27 bits per heavy atom. The third-order valence-corrected chi connectivity index (χ3v) is 1.55. The van der Waals surface area contributed by atoms with E-state index in [1.165, 1.54) is 9.08 Å². The van der Waals surface area contributed by atoms with Gasteiger partial charge in [0.1, 0.15) is 11.5 Å². The SMILES string of the molecule is C[n+]1cc2cccn2c([O-])n1. The maximum Gasteiger partial charge on any atom is 0.219 e. The van der Waals surface area contributed by atoms with Gasteiger partial charge in [0.05, 0.1) is 0 Å². The van der Waals surface area contributed by atoms with Crippen LogP contribution in [0.3, 0.4) is 0 Å². The van der Waals surface area contributed by atoms with Crippen LogP contribution in [0.15, 0.2) is 24.5 Å². The monoisotopic (exact) mass is 149 g/mol. The van der Waals surface area contributed by atoms with Crippen LogP contribution in [0.1, 0.15) is 0 Å². The summed E-state index contributed by atoms with van der Waals surface area (Å²) in [5.41, 5.74) is 0.868. The highest BCUT2D eigenvalue weighted by atomic mass is 16.3. The van der Waals surface area contributed by atoms with Crippen molar-refractivity contribution in [2.24, 2.45) is 7.05 Å². The zero-order chi connectivity index (χ0) is 7.84. The molecule has 56 valence electrons. The maximum absolute atomic E-state index is 11.1. The lowest BCUT2D eigenvalue weighted by molar-refractivity contribution is -0.734. The van der Waals surface area contributed by atoms with Crippen LogP contribution in [-0.2, 0) is 7.05 Å². The van der Waals surface area contributed by atoms with Crippen LogP contribution in [-0.4, -0.2) is 9.50 Å². The Labute approximate surface area is 63.3 Å². The summed E-state index contributed by atoms with van der Waals surface area (Å²) in [4.78, 5) is 0. The van der Waals surface area contributed by atoms with Crippen LogP contribution >= 0.6 is 0 Å². The molecule has 2 heterocycles. The molecule has 0 spiro atoms. The molecule has 0 unspecified atom stereocenters. The Hall–Kier alpha value is -1.58. The number of hydrogen-bond donors (Lipinski definition) is 0. The largest absolute Gasteiger partial charge is 0.841 e. The second-order valence-electron chi connectivity index (χ2n) is 2.39. The van der Waals surface area contributed by atoms with E-state index in [9.17, 15) is 5.11 Å². The summed E-state index contributed by atoms with van der Waals surface area (Å²) < 4.78 is 3.01. The summed E-state index contributed by atoms with van der Waals surface area (Å²) in [6.45, 7) is 0. The summed E-state index contributed by atoms with van der Waals surface area (Å²) in [6.07, 6.45) is 3.49. The van der Waals surface area contributed by atoms with Crippen molar-refractivity contribution < 1.29 is 9.79 Å². The molecule has 0 aliphatic rings. The second-order valence-corrected chi connectivity index (χ2v) is 2.39. The van der Waals surface area contributed by atoms with Gasteiger partial charge in [-0.25, -0.2) is 0 Å². The first-order chi connectivity index (χ1) is 5.27. The Morgan fingerprint density at radius 1 is 1.64 bits per heavy atom. The molecule has 2 aromatic rings. The molecule has 0 aromatic carbocycles. The van der Waals surface area contributed by atoms with E-state index >= 15 is 0 Å². The van der Waals surface area contributed by atoms with E-state index in [0.717, 1.165) is 5.52 Å². The predicted octanol–water partition coefficient (Wildman–Crippen LogP) is -0.768. The average molecular weight is 149 g/mol. The van der Waals surface area contributed by atoms with Gasteiger partial charge in [-0.2, -0.15) is 0 Å². The minimum Gasteiger partial charge on any atom is -0.841 e. The lowest BCUT2D eigenvalue weighted by Gasteiger charge is -2.03. The highest BCUT2D eigenvalue weighted by Gasteiger charge is 1.99. The molecule has 0 amide bonds. The van der Waals surface area contributed by atoms with Gasteiger partial charge in [-0.3, -0.25) is 0 Å². The van der Waals surface area contributed by atoms with Gasteiger partial charge >= 0.3 is 0 Å². The molecule has 0 radical (unpaired) electrons. The van der Waals surface area contributed by atoms with Crippen LogP contribution in [0.5, 0.6) is 6.01 Å². The van der Waals surface area contributed by atoms with Crippen molar-refractivity contribution in [3.8, 4) is 6.01 Å². The Balaban J connectivity index is 2.91. The summed E-state index contributed by atoms with van der Waals surface area (Å²) in [7, 11) is 1.73. The summed E-state index contributed by atoms with van der Waals surface area (Å²) in [5.74, 6) is 0. The summed E-state index contributed by atoms with van der Waals surface area (Å²) in [5, 5.41) is 14.8. The van der Waals surface area contributed by atoms with E-state index in [2.05, 4.69) is 5.10 Å². The minimum atomic E-state index is -0.241. The van der Waals surface area contributed by atoms with E-state index in [-0.39, 0.29) is 6.01 Å². The van der Waals surface area contributed by atoms with Crippen LogP contribution in [0.25, 0.3) is 5.52 Å². The highest BCUT2D eigenvalue weighted by Crippen LogP contribution is 2.04. The van der Waals surface area contributed by atoms with Crippen LogP contribution < -0.4 is 9.79 Å². The number of nitrogens with zero attached hydrogens (tertiary/aromatic N) is 3. The number of aromatic nitrogens is 3. The molecule has 0 aliphatic carbocycles. The predicted molar refractivity (Wildman–Crippen MR) is 35.8 cm³/mol. The molecule has 0 atom stereocenters. The van der Waals surface area contributed by atoms with Crippen molar-refractivity contribution in [1.82, 2.24) is 9.50 Å². The van der Waals surface area contributed by atoms with Gasteiger partial charge in [0.15, 0.2) is 7.05 Å². The molecular formula is C7H7N3O. The average Bonchev–Trinajstić information content (AvgIpc) is 2.34. The molecule has 4 heteroatoms. The fourth-order valence-corrected chi connectivity index (χ4v) is 1.08. The van der Waals surface area contributed by atoms with E-state index in [1.807, 2.05) is 12.1 Å². The van der Waals surface area contributed by atoms with E-state index in [0.29, 0.717) is 0 Å². The molecule has 2 aromatic heterocycles. The van der Waals surface area contributed by atoms with Crippen LogP contribution in [0.4, 0.5) is 0 Å². The normalized spacial score (nSPS) is 10.6. The Bertz CT molecular complexity index is 393. The fraction of sp³-hybridized carbons (Fsp3) is 0.143. The summed E-state index contributed by atoms with van der Waals surface area (Å²) in [6, 6.07) is 3.44. The number of hydrogen-bond acceptors (Lipinski definition) is 2. The first-order valence-electron chi connectivity index (χ1n) is 3.28. The third-order valence-electron chi connectivity index (χ3n) is 1.55. The van der Waals surface area contributed by atoms with E-state index in [4.69, 9.17) is 0 Å². The van der Waals surface area contributed by atoms with E-state index in [1.54, 1.807) is 19.4 Å². The van der Waals surface area contributed by atoms with Crippen molar-refractivity contribution >= 4 is 5.52 Å². The lowest BCUT2D eigenvalue weighted by atomic mass is 10.5. The highest BCUT2D eigenvalue weighted by molar-refractivity contribution is 5.44. The summed E-state index contributed by atoms with van der Waals surface area (Å²) >= 11 is 0. The molecule has 0 saturated heterocycles. The molecule has 0 saturated carbocycles. The standard InChI is InChI=1S/C7H7N3O/c1-9-5-6-3-2-4-10(6)7(11)8-9/h2-5H,1H3. The number of aryl methyl sites for hydroxylation is 1. The maximum atomic E-state index is 11.1. The van der Waals surface area contributed by atoms with Crippen molar-refractivity contribution in [2.75, 3.05) is 0 Å². The molecule has 4 nitrogen and oxygen atoms in total. The van der Waals surface area contributed by atoms with Gasteiger partial charge in [-0.1, -0.05) is 4.68 Å². The second kappa shape index (κ2) is 1.95. The van der Waals surface area contributed by atoms with Gasteiger partial charge in [0.25, 0.3) is 0 Å².